The van der Waals surface area contributed by atoms with Gasteiger partial charge in [0.25, 0.3) is 0 Å². The fraction of sp³-hybridized carbons (Fsp3) is 0.600. The van der Waals surface area contributed by atoms with Crippen LogP contribution in [0.25, 0.3) is 0 Å². The first-order valence-corrected chi connectivity index (χ1v) is 11.2. The summed E-state index contributed by atoms with van der Waals surface area (Å²) in [5.74, 6) is -0.901. The third-order valence-corrected chi connectivity index (χ3v) is 4.26. The molecule has 0 aromatic rings. The lowest BCUT2D eigenvalue weighted by Gasteiger charge is -2.14. The Labute approximate surface area is 187 Å². The van der Waals surface area contributed by atoms with Crippen LogP contribution in [0.15, 0.2) is 48.6 Å². The van der Waals surface area contributed by atoms with Crippen molar-refractivity contribution in [2.45, 2.75) is 83.8 Å². The molecule has 0 aromatic carbocycles. The van der Waals surface area contributed by atoms with Crippen molar-refractivity contribution in [1.29, 1.82) is 0 Å². The van der Waals surface area contributed by atoms with Crippen LogP contribution in [-0.2, 0) is 19.1 Å². The Bertz CT molecular complexity index is 577. The van der Waals surface area contributed by atoms with Gasteiger partial charge in [-0.1, -0.05) is 68.4 Å². The van der Waals surface area contributed by atoms with E-state index in [9.17, 15) is 14.7 Å². The van der Waals surface area contributed by atoms with Crippen molar-refractivity contribution in [3.8, 4) is 0 Å². The van der Waals surface area contributed by atoms with Gasteiger partial charge in [-0.15, -0.1) is 0 Å². The number of hydrogen-bond acceptors (Lipinski definition) is 6. The molecule has 0 unspecified atom stereocenters. The van der Waals surface area contributed by atoms with Gasteiger partial charge in [-0.25, -0.2) is 0 Å². The summed E-state index contributed by atoms with van der Waals surface area (Å²) >= 11 is 0. The van der Waals surface area contributed by atoms with Crippen LogP contribution in [0, 0.1) is 0 Å². The van der Waals surface area contributed by atoms with Crippen LogP contribution in [0.4, 0.5) is 0 Å². The standard InChI is InChI=1S/C25H40O6/c1-3-4-5-6-8-11-14-17-23(28)18-15-12-9-7-10-13-16-19-25(29)30-21-24(20-26)31-22(2)27/h7-8,10-12,14-15,17,23-24,26,28H,3-6,9,13,16,18-21H2,1-2H3/b10-7+,11-8-,15-12-,17-14-/t23-,24+/m1/s1. The van der Waals surface area contributed by atoms with Crippen molar-refractivity contribution in [2.75, 3.05) is 13.2 Å². The normalized spacial score (nSPS) is 14.1. The summed E-state index contributed by atoms with van der Waals surface area (Å²) in [5, 5.41) is 18.9. The smallest absolute Gasteiger partial charge is 0.305 e. The maximum absolute atomic E-state index is 11.6. The van der Waals surface area contributed by atoms with E-state index in [1.54, 1.807) is 6.08 Å². The van der Waals surface area contributed by atoms with Crippen LogP contribution in [0.2, 0.25) is 0 Å². The molecule has 0 amide bonds. The third kappa shape index (κ3) is 20.9. The minimum atomic E-state index is -0.811. The molecule has 0 saturated carbocycles. The lowest BCUT2D eigenvalue weighted by Crippen LogP contribution is -2.27. The average molecular weight is 437 g/mol. The van der Waals surface area contributed by atoms with E-state index in [4.69, 9.17) is 14.6 Å². The number of aliphatic hydroxyl groups is 2. The van der Waals surface area contributed by atoms with Gasteiger partial charge in [-0.2, -0.15) is 0 Å². The van der Waals surface area contributed by atoms with Gasteiger partial charge in [0.2, 0.25) is 0 Å². The zero-order valence-corrected chi connectivity index (χ0v) is 19.1. The quantitative estimate of drug-likeness (QED) is 0.141. The van der Waals surface area contributed by atoms with Crippen LogP contribution in [-0.4, -0.2) is 47.6 Å². The average Bonchev–Trinajstić information content (AvgIpc) is 2.74. The predicted molar refractivity (Wildman–Crippen MR) is 123 cm³/mol. The van der Waals surface area contributed by atoms with E-state index < -0.39 is 18.2 Å². The Morgan fingerprint density at radius 1 is 0.968 bits per heavy atom. The number of rotatable bonds is 18. The molecular weight excluding hydrogens is 396 g/mol. The molecule has 0 aromatic heterocycles. The predicted octanol–water partition coefficient (Wildman–Crippen LogP) is 4.57. The largest absolute Gasteiger partial charge is 0.462 e. The van der Waals surface area contributed by atoms with Crippen LogP contribution in [0.3, 0.4) is 0 Å². The molecule has 0 rings (SSSR count). The third-order valence-electron chi connectivity index (χ3n) is 4.26. The Morgan fingerprint density at radius 2 is 1.71 bits per heavy atom. The minimum absolute atomic E-state index is 0.133. The molecule has 0 fully saturated rings. The van der Waals surface area contributed by atoms with E-state index in [0.717, 1.165) is 19.3 Å². The van der Waals surface area contributed by atoms with E-state index in [2.05, 4.69) is 13.0 Å². The van der Waals surface area contributed by atoms with Gasteiger partial charge in [0, 0.05) is 13.3 Å². The van der Waals surface area contributed by atoms with Crippen molar-refractivity contribution in [3.63, 3.8) is 0 Å². The maximum Gasteiger partial charge on any atom is 0.305 e. The van der Waals surface area contributed by atoms with Gasteiger partial charge in [-0.05, 0) is 38.5 Å². The first kappa shape index (κ1) is 28.8. The van der Waals surface area contributed by atoms with E-state index in [1.807, 2.05) is 36.5 Å². The summed E-state index contributed by atoms with van der Waals surface area (Å²) in [6.45, 7) is 2.91. The number of aliphatic hydroxyl groups excluding tert-OH is 2. The Kier molecular flexibility index (Phi) is 19.6. The van der Waals surface area contributed by atoms with Crippen molar-refractivity contribution in [1.82, 2.24) is 0 Å². The summed E-state index contributed by atoms with van der Waals surface area (Å²) in [4.78, 5) is 22.4. The first-order valence-electron chi connectivity index (χ1n) is 11.2. The maximum atomic E-state index is 11.6. The zero-order valence-electron chi connectivity index (χ0n) is 19.1. The highest BCUT2D eigenvalue weighted by Gasteiger charge is 2.13. The van der Waals surface area contributed by atoms with Crippen LogP contribution in [0.5, 0.6) is 0 Å². The number of unbranched alkanes of at least 4 members (excludes halogenated alkanes) is 4. The molecule has 0 aliphatic heterocycles. The van der Waals surface area contributed by atoms with Crippen LogP contribution < -0.4 is 0 Å². The molecule has 2 N–H and O–H groups in total. The van der Waals surface area contributed by atoms with Gasteiger partial charge in [0.05, 0.1) is 12.7 Å². The summed E-state index contributed by atoms with van der Waals surface area (Å²) in [7, 11) is 0. The lowest BCUT2D eigenvalue weighted by atomic mass is 10.2. The topological polar surface area (TPSA) is 93.1 Å². The molecule has 0 saturated heterocycles. The molecule has 0 spiro atoms. The van der Waals surface area contributed by atoms with Gasteiger partial charge in [0.1, 0.15) is 6.61 Å². The summed E-state index contributed by atoms with van der Waals surface area (Å²) in [5.41, 5.74) is 0. The molecule has 0 bridgehead atoms. The highest BCUT2D eigenvalue weighted by Crippen LogP contribution is 2.03. The number of hydrogen-bond donors (Lipinski definition) is 2. The van der Waals surface area contributed by atoms with Gasteiger partial charge < -0.3 is 19.7 Å². The highest BCUT2D eigenvalue weighted by molar-refractivity contribution is 5.69. The Balaban J connectivity index is 3.75. The molecular formula is C25H40O6. The molecule has 0 aliphatic rings. The first-order chi connectivity index (χ1) is 15.0. The molecule has 6 heteroatoms. The monoisotopic (exact) mass is 436 g/mol. The summed E-state index contributed by atoms with van der Waals surface area (Å²) < 4.78 is 9.78. The molecule has 6 nitrogen and oxygen atoms in total. The number of carbonyl (C=O) groups is 2. The molecule has 0 radical (unpaired) electrons. The van der Waals surface area contributed by atoms with Crippen molar-refractivity contribution < 1.29 is 29.3 Å². The Morgan fingerprint density at radius 3 is 2.42 bits per heavy atom. The number of esters is 2. The SMILES string of the molecule is CCCCC/C=C\C=C/[C@@H](O)C/C=C\C/C=C/CCCC(=O)OC[C@H](CO)OC(C)=O. The summed E-state index contributed by atoms with van der Waals surface area (Å²) in [6, 6.07) is 0. The molecule has 0 aliphatic carbocycles. The van der Waals surface area contributed by atoms with E-state index >= 15 is 0 Å². The Hall–Kier alpha value is -2.18. The van der Waals surface area contributed by atoms with Crippen molar-refractivity contribution >= 4 is 11.9 Å². The van der Waals surface area contributed by atoms with Gasteiger partial charge >= 0.3 is 11.9 Å². The van der Waals surface area contributed by atoms with E-state index in [0.29, 0.717) is 12.8 Å². The molecule has 2 atom stereocenters. The fourth-order valence-electron chi connectivity index (χ4n) is 2.56. The molecule has 0 heterocycles. The van der Waals surface area contributed by atoms with Gasteiger partial charge in [-0.3, -0.25) is 9.59 Å². The van der Waals surface area contributed by atoms with Crippen LogP contribution >= 0.6 is 0 Å². The van der Waals surface area contributed by atoms with Crippen molar-refractivity contribution in [3.05, 3.63) is 48.6 Å². The van der Waals surface area contributed by atoms with E-state index in [-0.39, 0.29) is 25.6 Å². The van der Waals surface area contributed by atoms with Crippen LogP contribution in [0.1, 0.15) is 71.6 Å². The second-order valence-corrected chi connectivity index (χ2v) is 7.28. The lowest BCUT2D eigenvalue weighted by molar-refractivity contribution is -0.159. The molecule has 176 valence electrons. The van der Waals surface area contributed by atoms with E-state index in [1.165, 1.54) is 26.2 Å². The number of ether oxygens (including phenoxy) is 2. The second-order valence-electron chi connectivity index (χ2n) is 7.28. The molecule has 31 heavy (non-hydrogen) atoms. The zero-order chi connectivity index (χ0) is 23.2. The number of allylic oxidation sites excluding steroid dienone is 6. The number of carbonyl (C=O) groups excluding carboxylic acids is 2. The van der Waals surface area contributed by atoms with Gasteiger partial charge in [0.15, 0.2) is 6.10 Å². The minimum Gasteiger partial charge on any atom is -0.462 e. The summed E-state index contributed by atoms with van der Waals surface area (Å²) in [6.07, 6.45) is 22.4. The van der Waals surface area contributed by atoms with Crippen molar-refractivity contribution in [2.24, 2.45) is 0 Å². The second kappa shape index (κ2) is 21.1. The fourth-order valence-corrected chi connectivity index (χ4v) is 2.56. The highest BCUT2D eigenvalue weighted by atomic mass is 16.6.